The van der Waals surface area contributed by atoms with E-state index in [2.05, 4.69) is 24.1 Å². The number of nitrogens with one attached hydrogen (secondary N) is 1. The molecule has 1 heterocycles. The maximum absolute atomic E-state index is 5.94. The number of ether oxygens (including phenoxy) is 2. The molecule has 0 aromatic carbocycles. The molecule has 1 rings (SSSR count). The number of hydrogen-bond acceptors (Lipinski definition) is 5. The van der Waals surface area contributed by atoms with Gasteiger partial charge < -0.3 is 20.5 Å². The highest BCUT2D eigenvalue weighted by atomic mass is 16.6. The van der Waals surface area contributed by atoms with Crippen molar-refractivity contribution in [1.29, 1.82) is 0 Å². The average Bonchev–Trinajstić information content (AvgIpc) is 2.38. The monoisotopic (exact) mass is 273 g/mol. The molecule has 0 atom stereocenters. The third-order valence-corrected chi connectivity index (χ3v) is 3.41. The molecule has 1 saturated heterocycles. The molecule has 19 heavy (non-hydrogen) atoms. The normalized spacial score (nSPS) is 18.8. The van der Waals surface area contributed by atoms with Crippen molar-refractivity contribution in [2.45, 2.75) is 38.9 Å². The fourth-order valence-electron chi connectivity index (χ4n) is 1.86. The summed E-state index contributed by atoms with van der Waals surface area (Å²) in [5.74, 6) is 0. The van der Waals surface area contributed by atoms with E-state index in [0.717, 1.165) is 39.3 Å². The lowest BCUT2D eigenvalue weighted by atomic mass is 10.1. The number of hydrogen-bond donors (Lipinski definition) is 2. The summed E-state index contributed by atoms with van der Waals surface area (Å²) < 4.78 is 11.8. The first-order valence-electron chi connectivity index (χ1n) is 7.26. The highest BCUT2D eigenvalue weighted by Gasteiger charge is 2.24. The lowest BCUT2D eigenvalue weighted by molar-refractivity contribution is -0.119. The van der Waals surface area contributed by atoms with Crippen molar-refractivity contribution in [3.63, 3.8) is 0 Å². The summed E-state index contributed by atoms with van der Waals surface area (Å²) in [5, 5.41) is 3.35. The fourth-order valence-corrected chi connectivity index (χ4v) is 1.86. The second kappa shape index (κ2) is 7.55. The molecule has 0 aliphatic carbocycles. The lowest BCUT2D eigenvalue weighted by Crippen LogP contribution is -2.46. The first kappa shape index (κ1) is 16.9. The minimum atomic E-state index is -0.279. The zero-order chi connectivity index (χ0) is 14.4. The molecule has 0 spiro atoms. The van der Waals surface area contributed by atoms with Crippen LogP contribution in [0.3, 0.4) is 0 Å². The average molecular weight is 273 g/mol. The van der Waals surface area contributed by atoms with E-state index in [1.807, 2.05) is 13.8 Å². The Morgan fingerprint density at radius 3 is 2.26 bits per heavy atom. The zero-order valence-corrected chi connectivity index (χ0v) is 13.0. The summed E-state index contributed by atoms with van der Waals surface area (Å²) in [6.07, 6.45) is 0. The molecule has 1 aliphatic heterocycles. The van der Waals surface area contributed by atoms with Gasteiger partial charge in [-0.3, -0.25) is 4.90 Å². The maximum atomic E-state index is 5.94. The molecule has 114 valence electrons. The smallest absolute Gasteiger partial charge is 0.0859 e. The standard InChI is InChI=1S/C14H31N3O2/c1-13(2,11-15)19-12-14(3,4)18-10-9-17-7-5-16-6-8-17/h16H,5-12,15H2,1-4H3. The van der Waals surface area contributed by atoms with Gasteiger partial charge in [-0.2, -0.15) is 0 Å². The topological polar surface area (TPSA) is 59.8 Å². The van der Waals surface area contributed by atoms with Crippen LogP contribution in [0.2, 0.25) is 0 Å². The van der Waals surface area contributed by atoms with Crippen LogP contribution in [-0.2, 0) is 9.47 Å². The van der Waals surface area contributed by atoms with E-state index in [4.69, 9.17) is 15.2 Å². The van der Waals surface area contributed by atoms with Gasteiger partial charge in [0.1, 0.15) is 0 Å². The van der Waals surface area contributed by atoms with Gasteiger partial charge in [0.2, 0.25) is 0 Å². The van der Waals surface area contributed by atoms with E-state index < -0.39 is 0 Å². The SMILES string of the molecule is CC(C)(CN)OCC(C)(C)OCCN1CCNCC1. The maximum Gasteiger partial charge on any atom is 0.0859 e. The highest BCUT2D eigenvalue weighted by molar-refractivity contribution is 4.75. The van der Waals surface area contributed by atoms with Gasteiger partial charge >= 0.3 is 0 Å². The summed E-state index contributed by atoms with van der Waals surface area (Å²) in [7, 11) is 0. The molecule has 0 bridgehead atoms. The molecule has 0 saturated carbocycles. The minimum Gasteiger partial charge on any atom is -0.372 e. The van der Waals surface area contributed by atoms with Gasteiger partial charge in [-0.05, 0) is 27.7 Å². The van der Waals surface area contributed by atoms with E-state index in [1.54, 1.807) is 0 Å². The van der Waals surface area contributed by atoms with Crippen LogP contribution in [-0.4, -0.2) is 68.6 Å². The number of rotatable bonds is 8. The molecule has 0 unspecified atom stereocenters. The van der Waals surface area contributed by atoms with Gasteiger partial charge in [0.05, 0.1) is 24.4 Å². The molecule has 5 nitrogen and oxygen atoms in total. The predicted octanol–water partition coefficient (Wildman–Crippen LogP) is 0.441. The minimum absolute atomic E-state index is 0.263. The van der Waals surface area contributed by atoms with Crippen LogP contribution in [0.15, 0.2) is 0 Å². The number of piperazine rings is 1. The van der Waals surface area contributed by atoms with Crippen LogP contribution in [0.4, 0.5) is 0 Å². The van der Waals surface area contributed by atoms with Crippen molar-refractivity contribution in [2.75, 3.05) is 52.5 Å². The van der Waals surface area contributed by atoms with Gasteiger partial charge in [0.15, 0.2) is 0 Å². The second-order valence-corrected chi connectivity index (χ2v) is 6.45. The Labute approximate surface area is 117 Å². The van der Waals surface area contributed by atoms with Crippen LogP contribution in [0, 0.1) is 0 Å². The van der Waals surface area contributed by atoms with E-state index in [-0.39, 0.29) is 11.2 Å². The summed E-state index contributed by atoms with van der Waals surface area (Å²) in [5.41, 5.74) is 5.11. The van der Waals surface area contributed by atoms with Crippen LogP contribution >= 0.6 is 0 Å². The Balaban J connectivity index is 2.18. The molecule has 1 fully saturated rings. The first-order valence-corrected chi connectivity index (χ1v) is 7.26. The Morgan fingerprint density at radius 1 is 1.05 bits per heavy atom. The Morgan fingerprint density at radius 2 is 1.68 bits per heavy atom. The zero-order valence-electron chi connectivity index (χ0n) is 13.0. The third-order valence-electron chi connectivity index (χ3n) is 3.41. The summed E-state index contributed by atoms with van der Waals surface area (Å²) in [6, 6.07) is 0. The Kier molecular flexibility index (Phi) is 6.69. The van der Waals surface area contributed by atoms with Gasteiger partial charge in [0.25, 0.3) is 0 Å². The van der Waals surface area contributed by atoms with Gasteiger partial charge in [0, 0.05) is 39.3 Å². The van der Waals surface area contributed by atoms with E-state index in [0.29, 0.717) is 13.2 Å². The van der Waals surface area contributed by atoms with Crippen molar-refractivity contribution in [3.8, 4) is 0 Å². The number of nitrogens with zero attached hydrogens (tertiary/aromatic N) is 1. The highest BCUT2D eigenvalue weighted by Crippen LogP contribution is 2.15. The van der Waals surface area contributed by atoms with E-state index >= 15 is 0 Å². The molecule has 0 aromatic heterocycles. The molecule has 0 amide bonds. The van der Waals surface area contributed by atoms with Crippen molar-refractivity contribution < 1.29 is 9.47 Å². The summed E-state index contributed by atoms with van der Waals surface area (Å²) in [4.78, 5) is 2.43. The molecule has 3 N–H and O–H groups in total. The van der Waals surface area contributed by atoms with Crippen molar-refractivity contribution in [3.05, 3.63) is 0 Å². The van der Waals surface area contributed by atoms with Crippen molar-refractivity contribution in [1.82, 2.24) is 10.2 Å². The molecular weight excluding hydrogens is 242 g/mol. The quantitative estimate of drug-likeness (QED) is 0.672. The summed E-state index contributed by atoms with van der Waals surface area (Å²) >= 11 is 0. The largest absolute Gasteiger partial charge is 0.372 e. The summed E-state index contributed by atoms with van der Waals surface area (Å²) in [6.45, 7) is 15.4. The lowest BCUT2D eigenvalue weighted by Gasteiger charge is -2.33. The third kappa shape index (κ3) is 7.22. The van der Waals surface area contributed by atoms with Crippen molar-refractivity contribution in [2.24, 2.45) is 5.73 Å². The van der Waals surface area contributed by atoms with Gasteiger partial charge in [-0.1, -0.05) is 0 Å². The molecule has 0 aromatic rings. The second-order valence-electron chi connectivity index (χ2n) is 6.45. The Hall–Kier alpha value is -0.200. The fraction of sp³-hybridized carbons (Fsp3) is 1.00. The molecular formula is C14H31N3O2. The van der Waals surface area contributed by atoms with Crippen LogP contribution in [0.1, 0.15) is 27.7 Å². The van der Waals surface area contributed by atoms with Gasteiger partial charge in [-0.25, -0.2) is 0 Å². The Bertz CT molecular complexity index is 251. The van der Waals surface area contributed by atoms with Crippen molar-refractivity contribution >= 4 is 0 Å². The predicted molar refractivity (Wildman–Crippen MR) is 78.4 cm³/mol. The molecule has 5 heteroatoms. The van der Waals surface area contributed by atoms with Crippen LogP contribution < -0.4 is 11.1 Å². The molecule has 1 aliphatic rings. The van der Waals surface area contributed by atoms with E-state index in [1.165, 1.54) is 0 Å². The van der Waals surface area contributed by atoms with E-state index in [9.17, 15) is 0 Å². The van der Waals surface area contributed by atoms with Gasteiger partial charge in [-0.15, -0.1) is 0 Å². The molecule has 0 radical (unpaired) electrons. The van der Waals surface area contributed by atoms with Crippen LogP contribution in [0.25, 0.3) is 0 Å². The first-order chi connectivity index (χ1) is 8.85. The van der Waals surface area contributed by atoms with Crippen LogP contribution in [0.5, 0.6) is 0 Å². The number of nitrogens with two attached hydrogens (primary N) is 1.